The smallest absolute Gasteiger partial charge is 0.328 e. The first-order valence-corrected chi connectivity index (χ1v) is 4.77. The van der Waals surface area contributed by atoms with Crippen molar-refractivity contribution in [1.29, 1.82) is 0 Å². The van der Waals surface area contributed by atoms with Crippen molar-refractivity contribution >= 4 is 22.9 Å². The maximum Gasteiger partial charge on any atom is 0.328 e. The summed E-state index contributed by atoms with van der Waals surface area (Å²) in [5.41, 5.74) is 2.32. The van der Waals surface area contributed by atoms with Crippen molar-refractivity contribution in [2.24, 2.45) is 0 Å². The van der Waals surface area contributed by atoms with Gasteiger partial charge >= 0.3 is 5.97 Å². The van der Waals surface area contributed by atoms with Crippen LogP contribution in [0.2, 0.25) is 0 Å². The summed E-state index contributed by atoms with van der Waals surface area (Å²) in [6.07, 6.45) is 2.52. The molecule has 0 fully saturated rings. The van der Waals surface area contributed by atoms with Crippen LogP contribution < -0.4 is 0 Å². The average molecular weight is 219 g/mol. The van der Waals surface area contributed by atoms with Crippen molar-refractivity contribution in [3.05, 3.63) is 41.3 Å². The predicted molar refractivity (Wildman–Crippen MR) is 59.7 cm³/mol. The molecular formula is C12H10FNO2. The Morgan fingerprint density at radius 2 is 2.25 bits per heavy atom. The Labute approximate surface area is 91.2 Å². The Bertz CT molecular complexity index is 584. The van der Waals surface area contributed by atoms with Crippen molar-refractivity contribution in [3.63, 3.8) is 0 Å². The topological polar surface area (TPSA) is 53.1 Å². The van der Waals surface area contributed by atoms with Gasteiger partial charge in [-0.3, -0.25) is 0 Å². The number of carboxylic acid groups (broad SMARTS) is 1. The zero-order valence-electron chi connectivity index (χ0n) is 8.62. The first kappa shape index (κ1) is 10.4. The standard InChI is InChI=1S/C12H10FNO2/c1-7-9-6-8(13)2-3-11(9)14-10(7)4-5-12(15)16/h2-6,14H,1H3,(H,15,16)/b5-4+. The van der Waals surface area contributed by atoms with Gasteiger partial charge in [-0.15, -0.1) is 0 Å². The van der Waals surface area contributed by atoms with Gasteiger partial charge < -0.3 is 10.1 Å². The molecule has 0 atom stereocenters. The van der Waals surface area contributed by atoms with E-state index in [1.807, 2.05) is 6.92 Å². The van der Waals surface area contributed by atoms with Crippen molar-refractivity contribution in [3.8, 4) is 0 Å². The van der Waals surface area contributed by atoms with E-state index in [1.165, 1.54) is 18.2 Å². The van der Waals surface area contributed by atoms with Crippen molar-refractivity contribution in [2.45, 2.75) is 6.92 Å². The zero-order chi connectivity index (χ0) is 11.7. The minimum absolute atomic E-state index is 0.302. The van der Waals surface area contributed by atoms with Gasteiger partial charge in [0.2, 0.25) is 0 Å². The van der Waals surface area contributed by atoms with Crippen molar-refractivity contribution in [1.82, 2.24) is 4.98 Å². The van der Waals surface area contributed by atoms with Crippen LogP contribution in [0.4, 0.5) is 4.39 Å². The maximum atomic E-state index is 13.0. The first-order chi connectivity index (χ1) is 7.58. The first-order valence-electron chi connectivity index (χ1n) is 4.77. The second kappa shape index (κ2) is 3.81. The van der Waals surface area contributed by atoms with Crippen molar-refractivity contribution < 1.29 is 14.3 Å². The number of carbonyl (C=O) groups is 1. The number of fused-ring (bicyclic) bond motifs is 1. The third-order valence-electron chi connectivity index (χ3n) is 2.45. The SMILES string of the molecule is Cc1c(/C=C/C(=O)O)[nH]c2ccc(F)cc12. The molecule has 0 aliphatic rings. The lowest BCUT2D eigenvalue weighted by atomic mass is 10.1. The summed E-state index contributed by atoms with van der Waals surface area (Å²) < 4.78 is 13.0. The number of rotatable bonds is 2. The Morgan fingerprint density at radius 1 is 1.50 bits per heavy atom. The highest BCUT2D eigenvalue weighted by Crippen LogP contribution is 2.23. The molecule has 0 aliphatic heterocycles. The van der Waals surface area contributed by atoms with Crippen LogP contribution in [0, 0.1) is 12.7 Å². The third-order valence-corrected chi connectivity index (χ3v) is 2.45. The Kier molecular flexibility index (Phi) is 2.48. The van der Waals surface area contributed by atoms with Crippen LogP contribution >= 0.6 is 0 Å². The fourth-order valence-corrected chi connectivity index (χ4v) is 1.64. The molecule has 2 rings (SSSR count). The van der Waals surface area contributed by atoms with Crippen LogP contribution in [0.15, 0.2) is 24.3 Å². The summed E-state index contributed by atoms with van der Waals surface area (Å²) >= 11 is 0. The minimum atomic E-state index is -1.01. The third kappa shape index (κ3) is 1.82. The zero-order valence-corrected chi connectivity index (χ0v) is 8.62. The molecule has 82 valence electrons. The summed E-state index contributed by atoms with van der Waals surface area (Å²) in [6.45, 7) is 1.82. The molecule has 2 aromatic rings. The molecule has 1 heterocycles. The number of aromatic amines is 1. The van der Waals surface area contributed by atoms with Gasteiger partial charge in [-0.2, -0.15) is 0 Å². The summed E-state index contributed by atoms with van der Waals surface area (Å²) in [6, 6.07) is 4.43. The van der Waals surface area contributed by atoms with Crippen LogP contribution in [-0.2, 0) is 4.79 Å². The predicted octanol–water partition coefficient (Wildman–Crippen LogP) is 2.71. The molecular weight excluding hydrogens is 209 g/mol. The normalized spacial score (nSPS) is 11.4. The van der Waals surface area contributed by atoms with Gasteiger partial charge in [0.15, 0.2) is 0 Å². The molecule has 0 unspecified atom stereocenters. The lowest BCUT2D eigenvalue weighted by Crippen LogP contribution is -1.86. The molecule has 0 spiro atoms. The van der Waals surface area contributed by atoms with E-state index in [1.54, 1.807) is 6.07 Å². The molecule has 0 bridgehead atoms. The van der Waals surface area contributed by atoms with E-state index >= 15 is 0 Å². The van der Waals surface area contributed by atoms with Gasteiger partial charge in [0.25, 0.3) is 0 Å². The quantitative estimate of drug-likeness (QED) is 0.763. The molecule has 0 amide bonds. The van der Waals surface area contributed by atoms with E-state index in [-0.39, 0.29) is 5.82 Å². The molecule has 2 N–H and O–H groups in total. The monoisotopic (exact) mass is 219 g/mol. The second-order valence-electron chi connectivity index (χ2n) is 3.53. The van der Waals surface area contributed by atoms with Crippen LogP contribution in [0.5, 0.6) is 0 Å². The minimum Gasteiger partial charge on any atom is -0.478 e. The van der Waals surface area contributed by atoms with Crippen LogP contribution in [0.3, 0.4) is 0 Å². The van der Waals surface area contributed by atoms with E-state index in [0.717, 1.165) is 22.5 Å². The molecule has 3 nitrogen and oxygen atoms in total. The summed E-state index contributed by atoms with van der Waals surface area (Å²) in [4.78, 5) is 13.4. The van der Waals surface area contributed by atoms with Crippen molar-refractivity contribution in [2.75, 3.05) is 0 Å². The summed E-state index contributed by atoms with van der Waals surface area (Å²) in [5, 5.41) is 9.29. The van der Waals surface area contributed by atoms with Gasteiger partial charge in [-0.1, -0.05) is 0 Å². The molecule has 1 aromatic carbocycles. The van der Waals surface area contributed by atoms with Gasteiger partial charge in [-0.25, -0.2) is 9.18 Å². The lowest BCUT2D eigenvalue weighted by Gasteiger charge is -1.91. The van der Waals surface area contributed by atoms with Gasteiger partial charge in [0.05, 0.1) is 0 Å². The van der Waals surface area contributed by atoms with Crippen LogP contribution in [0.1, 0.15) is 11.3 Å². The lowest BCUT2D eigenvalue weighted by molar-refractivity contribution is -0.131. The number of hydrogen-bond acceptors (Lipinski definition) is 1. The number of H-pyrrole nitrogens is 1. The molecule has 0 saturated carbocycles. The molecule has 0 saturated heterocycles. The number of carboxylic acids is 1. The molecule has 0 aliphatic carbocycles. The average Bonchev–Trinajstić information content (AvgIpc) is 2.53. The van der Waals surface area contributed by atoms with E-state index in [4.69, 9.17) is 5.11 Å². The fraction of sp³-hybridized carbons (Fsp3) is 0.0833. The maximum absolute atomic E-state index is 13.0. The molecule has 4 heteroatoms. The van der Waals surface area contributed by atoms with E-state index in [0.29, 0.717) is 5.69 Å². The number of halogens is 1. The van der Waals surface area contributed by atoms with Gasteiger partial charge in [0.1, 0.15) is 5.82 Å². The highest BCUT2D eigenvalue weighted by Gasteiger charge is 2.06. The number of aliphatic carboxylic acids is 1. The number of benzene rings is 1. The van der Waals surface area contributed by atoms with Gasteiger partial charge in [0, 0.05) is 22.7 Å². The Hall–Kier alpha value is -2.10. The highest BCUT2D eigenvalue weighted by molar-refractivity contribution is 5.90. The number of aryl methyl sites for hydroxylation is 1. The fourth-order valence-electron chi connectivity index (χ4n) is 1.64. The number of hydrogen-bond donors (Lipinski definition) is 2. The molecule has 0 radical (unpaired) electrons. The molecule has 16 heavy (non-hydrogen) atoms. The van der Waals surface area contributed by atoms with E-state index < -0.39 is 5.97 Å². The Balaban J connectivity index is 2.56. The summed E-state index contributed by atoms with van der Waals surface area (Å²) in [7, 11) is 0. The highest BCUT2D eigenvalue weighted by atomic mass is 19.1. The molecule has 1 aromatic heterocycles. The van der Waals surface area contributed by atoms with Gasteiger partial charge in [-0.05, 0) is 36.8 Å². The Morgan fingerprint density at radius 3 is 2.94 bits per heavy atom. The second-order valence-corrected chi connectivity index (χ2v) is 3.53. The summed E-state index contributed by atoms with van der Waals surface area (Å²) in [5.74, 6) is -1.31. The van der Waals surface area contributed by atoms with Crippen LogP contribution in [0.25, 0.3) is 17.0 Å². The van der Waals surface area contributed by atoms with Crippen LogP contribution in [-0.4, -0.2) is 16.1 Å². The van der Waals surface area contributed by atoms with E-state index in [9.17, 15) is 9.18 Å². The largest absolute Gasteiger partial charge is 0.478 e. The number of nitrogens with one attached hydrogen (secondary N) is 1. The van der Waals surface area contributed by atoms with E-state index in [2.05, 4.69) is 4.98 Å². The number of aromatic nitrogens is 1.